The number of benzene rings is 2. The standard InChI is InChI=1S/C16H11BrFNO2/c17-11-1-6-15-14(8-11)10(9-21-15)7-16(20)19-13-4-2-12(18)3-5-13/h1-6,8-9H,7H2,(H,19,20). The molecule has 0 saturated carbocycles. The summed E-state index contributed by atoms with van der Waals surface area (Å²) in [6.45, 7) is 0. The first-order valence-corrected chi connectivity index (χ1v) is 7.12. The molecule has 5 heteroatoms. The number of carbonyl (C=O) groups excluding carboxylic acids is 1. The van der Waals surface area contributed by atoms with Crippen molar-refractivity contribution in [3.63, 3.8) is 0 Å². The number of nitrogens with one attached hydrogen (secondary N) is 1. The smallest absolute Gasteiger partial charge is 0.228 e. The Kier molecular flexibility index (Phi) is 3.75. The van der Waals surface area contributed by atoms with E-state index in [-0.39, 0.29) is 18.1 Å². The molecule has 2 aromatic carbocycles. The monoisotopic (exact) mass is 347 g/mol. The molecular formula is C16H11BrFNO2. The van der Waals surface area contributed by atoms with Gasteiger partial charge in [0.2, 0.25) is 5.91 Å². The first-order valence-electron chi connectivity index (χ1n) is 6.33. The second-order valence-corrected chi connectivity index (χ2v) is 5.55. The molecule has 1 N–H and O–H groups in total. The Bertz CT molecular complexity index is 796. The molecule has 0 unspecified atom stereocenters. The van der Waals surface area contributed by atoms with Crippen LogP contribution in [0, 0.1) is 5.82 Å². The molecule has 0 bridgehead atoms. The van der Waals surface area contributed by atoms with Crippen LogP contribution in [0.15, 0.2) is 57.6 Å². The van der Waals surface area contributed by atoms with Crippen LogP contribution < -0.4 is 5.32 Å². The van der Waals surface area contributed by atoms with Crippen molar-refractivity contribution in [2.45, 2.75) is 6.42 Å². The number of anilines is 1. The molecule has 0 fully saturated rings. The Labute approximate surface area is 128 Å². The number of halogens is 2. The fraction of sp³-hybridized carbons (Fsp3) is 0.0625. The quantitative estimate of drug-likeness (QED) is 0.756. The zero-order valence-electron chi connectivity index (χ0n) is 10.9. The molecule has 21 heavy (non-hydrogen) atoms. The number of hydrogen-bond acceptors (Lipinski definition) is 2. The highest BCUT2D eigenvalue weighted by Gasteiger charge is 2.11. The maximum absolute atomic E-state index is 12.8. The van der Waals surface area contributed by atoms with Gasteiger partial charge in [0.15, 0.2) is 0 Å². The van der Waals surface area contributed by atoms with Crippen LogP contribution in [0.2, 0.25) is 0 Å². The van der Waals surface area contributed by atoms with Gasteiger partial charge >= 0.3 is 0 Å². The molecule has 0 atom stereocenters. The molecule has 1 heterocycles. The molecular weight excluding hydrogens is 337 g/mol. The van der Waals surface area contributed by atoms with Gasteiger partial charge in [-0.05, 0) is 42.5 Å². The Balaban J connectivity index is 1.77. The Morgan fingerprint density at radius 3 is 2.71 bits per heavy atom. The fourth-order valence-electron chi connectivity index (χ4n) is 2.10. The second kappa shape index (κ2) is 5.69. The topological polar surface area (TPSA) is 42.2 Å². The van der Waals surface area contributed by atoms with Gasteiger partial charge in [-0.3, -0.25) is 4.79 Å². The van der Waals surface area contributed by atoms with Crippen LogP contribution >= 0.6 is 15.9 Å². The molecule has 1 amide bonds. The summed E-state index contributed by atoms with van der Waals surface area (Å²) in [5.74, 6) is -0.511. The third-order valence-corrected chi connectivity index (χ3v) is 3.59. The molecule has 0 radical (unpaired) electrons. The molecule has 0 spiro atoms. The van der Waals surface area contributed by atoms with Crippen LogP contribution in [0.25, 0.3) is 11.0 Å². The number of hydrogen-bond donors (Lipinski definition) is 1. The number of amides is 1. The van der Waals surface area contributed by atoms with Crippen LogP contribution in [0.5, 0.6) is 0 Å². The van der Waals surface area contributed by atoms with Gasteiger partial charge in [-0.15, -0.1) is 0 Å². The lowest BCUT2D eigenvalue weighted by molar-refractivity contribution is -0.115. The lowest BCUT2D eigenvalue weighted by Gasteiger charge is -2.04. The molecule has 0 aliphatic heterocycles. The zero-order chi connectivity index (χ0) is 14.8. The third-order valence-electron chi connectivity index (χ3n) is 3.09. The summed E-state index contributed by atoms with van der Waals surface area (Å²) in [4.78, 5) is 12.0. The SMILES string of the molecule is O=C(Cc1coc2ccc(Br)cc12)Nc1ccc(F)cc1. The van der Waals surface area contributed by atoms with Gasteiger partial charge in [-0.1, -0.05) is 15.9 Å². The minimum Gasteiger partial charge on any atom is -0.464 e. The number of rotatable bonds is 3. The predicted octanol–water partition coefficient (Wildman–Crippen LogP) is 4.52. The van der Waals surface area contributed by atoms with Gasteiger partial charge in [0.1, 0.15) is 11.4 Å². The van der Waals surface area contributed by atoms with Crippen molar-refractivity contribution in [3.8, 4) is 0 Å². The minimum absolute atomic E-state index is 0.177. The minimum atomic E-state index is -0.335. The maximum Gasteiger partial charge on any atom is 0.228 e. The van der Waals surface area contributed by atoms with E-state index in [1.54, 1.807) is 6.26 Å². The van der Waals surface area contributed by atoms with Gasteiger partial charge in [0, 0.05) is 21.1 Å². The Morgan fingerprint density at radius 2 is 1.95 bits per heavy atom. The lowest BCUT2D eigenvalue weighted by Crippen LogP contribution is -2.14. The first-order chi connectivity index (χ1) is 10.1. The van der Waals surface area contributed by atoms with E-state index in [9.17, 15) is 9.18 Å². The first kappa shape index (κ1) is 13.8. The molecule has 106 valence electrons. The van der Waals surface area contributed by atoms with Crippen molar-refractivity contribution in [3.05, 3.63) is 64.6 Å². The van der Waals surface area contributed by atoms with Crippen LogP contribution in [-0.4, -0.2) is 5.91 Å². The van der Waals surface area contributed by atoms with E-state index in [1.807, 2.05) is 18.2 Å². The van der Waals surface area contributed by atoms with Crippen molar-refractivity contribution in [1.82, 2.24) is 0 Å². The van der Waals surface area contributed by atoms with Crippen LogP contribution in [0.3, 0.4) is 0 Å². The van der Waals surface area contributed by atoms with Crippen molar-refractivity contribution >= 4 is 38.5 Å². The Morgan fingerprint density at radius 1 is 1.19 bits per heavy atom. The molecule has 0 aliphatic carbocycles. The van der Waals surface area contributed by atoms with E-state index < -0.39 is 0 Å². The summed E-state index contributed by atoms with van der Waals surface area (Å²) in [6.07, 6.45) is 1.78. The van der Waals surface area contributed by atoms with Crippen molar-refractivity contribution in [2.75, 3.05) is 5.32 Å². The van der Waals surface area contributed by atoms with E-state index in [0.717, 1.165) is 21.0 Å². The van der Waals surface area contributed by atoms with E-state index in [0.29, 0.717) is 5.69 Å². The summed E-state index contributed by atoms with van der Waals surface area (Å²) in [7, 11) is 0. The number of furan rings is 1. The summed E-state index contributed by atoms with van der Waals surface area (Å²) in [5, 5.41) is 3.63. The predicted molar refractivity (Wildman–Crippen MR) is 82.6 cm³/mol. The molecule has 0 saturated heterocycles. The Hall–Kier alpha value is -2.14. The molecule has 3 aromatic rings. The van der Waals surface area contributed by atoms with Gasteiger partial charge in [0.25, 0.3) is 0 Å². The number of fused-ring (bicyclic) bond motifs is 1. The molecule has 3 rings (SSSR count). The highest BCUT2D eigenvalue weighted by molar-refractivity contribution is 9.10. The average molecular weight is 348 g/mol. The normalized spacial score (nSPS) is 10.8. The summed E-state index contributed by atoms with van der Waals surface area (Å²) in [6, 6.07) is 11.3. The third kappa shape index (κ3) is 3.13. The average Bonchev–Trinajstić information content (AvgIpc) is 2.84. The van der Waals surface area contributed by atoms with E-state index in [4.69, 9.17) is 4.42 Å². The fourth-order valence-corrected chi connectivity index (χ4v) is 2.46. The van der Waals surface area contributed by atoms with Crippen LogP contribution in [0.4, 0.5) is 10.1 Å². The number of carbonyl (C=O) groups is 1. The van der Waals surface area contributed by atoms with E-state index >= 15 is 0 Å². The van der Waals surface area contributed by atoms with Crippen molar-refractivity contribution < 1.29 is 13.6 Å². The lowest BCUT2D eigenvalue weighted by atomic mass is 10.1. The summed E-state index contributed by atoms with van der Waals surface area (Å²) >= 11 is 3.40. The van der Waals surface area contributed by atoms with E-state index in [2.05, 4.69) is 21.2 Å². The van der Waals surface area contributed by atoms with Crippen LogP contribution in [-0.2, 0) is 11.2 Å². The van der Waals surface area contributed by atoms with Gasteiger partial charge in [-0.25, -0.2) is 4.39 Å². The highest BCUT2D eigenvalue weighted by Crippen LogP contribution is 2.25. The maximum atomic E-state index is 12.8. The highest BCUT2D eigenvalue weighted by atomic mass is 79.9. The van der Waals surface area contributed by atoms with Crippen molar-refractivity contribution in [1.29, 1.82) is 0 Å². The van der Waals surface area contributed by atoms with Crippen LogP contribution in [0.1, 0.15) is 5.56 Å². The summed E-state index contributed by atoms with van der Waals surface area (Å²) < 4.78 is 19.2. The second-order valence-electron chi connectivity index (χ2n) is 4.63. The van der Waals surface area contributed by atoms with Gasteiger partial charge in [-0.2, -0.15) is 0 Å². The van der Waals surface area contributed by atoms with Gasteiger partial charge < -0.3 is 9.73 Å². The van der Waals surface area contributed by atoms with Crippen molar-refractivity contribution in [2.24, 2.45) is 0 Å². The summed E-state index contributed by atoms with van der Waals surface area (Å²) in [5.41, 5.74) is 2.11. The largest absolute Gasteiger partial charge is 0.464 e. The molecule has 1 aromatic heterocycles. The molecule has 0 aliphatic rings. The van der Waals surface area contributed by atoms with Gasteiger partial charge in [0.05, 0.1) is 12.7 Å². The molecule has 3 nitrogen and oxygen atoms in total. The van der Waals surface area contributed by atoms with E-state index in [1.165, 1.54) is 24.3 Å². The zero-order valence-corrected chi connectivity index (χ0v) is 12.5.